The van der Waals surface area contributed by atoms with Crippen LogP contribution in [-0.4, -0.2) is 28.4 Å². The maximum absolute atomic E-state index is 13.0. The Hall–Kier alpha value is -2.19. The molecule has 2 aromatic rings. The molecule has 8 heteroatoms. The number of benzene rings is 2. The van der Waals surface area contributed by atoms with Crippen molar-refractivity contribution in [3.05, 3.63) is 58.1 Å². The monoisotopic (exact) mass is 460 g/mol. The Kier molecular flexibility index (Phi) is 5.50. The third kappa shape index (κ3) is 3.46. The maximum Gasteiger partial charge on any atom is 0.255 e. The number of amides is 1. The molecule has 0 saturated carbocycles. The largest absolute Gasteiger partial charge is 0.494 e. The third-order valence-corrected chi connectivity index (χ3v) is 6.08. The van der Waals surface area contributed by atoms with Crippen LogP contribution in [0.25, 0.3) is 0 Å². The van der Waals surface area contributed by atoms with Crippen molar-refractivity contribution in [2.45, 2.75) is 26.1 Å². The molecule has 2 aliphatic rings. The van der Waals surface area contributed by atoms with Crippen LogP contribution >= 0.6 is 27.7 Å². The van der Waals surface area contributed by atoms with Crippen molar-refractivity contribution in [3.8, 4) is 5.75 Å². The van der Waals surface area contributed by atoms with Crippen molar-refractivity contribution in [3.63, 3.8) is 0 Å². The molecular weight excluding hydrogens is 440 g/mol. The van der Waals surface area contributed by atoms with Gasteiger partial charge in [0.25, 0.3) is 5.91 Å². The smallest absolute Gasteiger partial charge is 0.255 e. The number of carbonyl (C=O) groups excluding carboxylic acids is 1. The Labute approximate surface area is 176 Å². The number of amidine groups is 1. The molecule has 0 saturated heterocycles. The highest BCUT2D eigenvalue weighted by atomic mass is 79.9. The number of carbonyl (C=O) groups is 1. The van der Waals surface area contributed by atoms with E-state index in [0.29, 0.717) is 11.8 Å². The zero-order valence-corrected chi connectivity index (χ0v) is 18.0. The molecule has 2 atom stereocenters. The first kappa shape index (κ1) is 19.1. The molecule has 28 heavy (non-hydrogen) atoms. The number of nitrogens with one attached hydrogen (secondary N) is 2. The van der Waals surface area contributed by atoms with Gasteiger partial charge in [0, 0.05) is 21.3 Å². The molecule has 0 aromatic heterocycles. The van der Waals surface area contributed by atoms with Crippen LogP contribution in [-0.2, 0) is 4.79 Å². The van der Waals surface area contributed by atoms with Crippen LogP contribution in [0.3, 0.4) is 0 Å². The van der Waals surface area contributed by atoms with Crippen molar-refractivity contribution in [1.82, 2.24) is 10.3 Å². The van der Waals surface area contributed by atoms with Crippen molar-refractivity contribution in [1.29, 1.82) is 0 Å². The normalized spacial score (nSPS) is 20.5. The van der Waals surface area contributed by atoms with Gasteiger partial charge < -0.3 is 15.4 Å². The van der Waals surface area contributed by atoms with Crippen molar-refractivity contribution < 1.29 is 9.53 Å². The molecule has 2 heterocycles. The highest BCUT2D eigenvalue weighted by Crippen LogP contribution is 2.44. The van der Waals surface area contributed by atoms with E-state index in [-0.39, 0.29) is 12.1 Å². The molecule has 0 spiro atoms. The molecule has 2 aromatic carbocycles. The minimum absolute atomic E-state index is 0.0676. The summed E-state index contributed by atoms with van der Waals surface area (Å²) in [5.74, 6) is 1.55. The Bertz CT molecular complexity index is 936. The summed E-state index contributed by atoms with van der Waals surface area (Å²) in [4.78, 5) is 13.0. The van der Waals surface area contributed by atoms with Gasteiger partial charge >= 0.3 is 0 Å². The zero-order valence-electron chi connectivity index (χ0n) is 15.6. The van der Waals surface area contributed by atoms with Gasteiger partial charge in [-0.3, -0.25) is 9.80 Å². The molecular formula is C20H21BrN4O2S. The van der Waals surface area contributed by atoms with Gasteiger partial charge in [-0.15, -0.1) is 5.10 Å². The first-order chi connectivity index (χ1) is 13.6. The molecule has 2 aliphatic heterocycles. The van der Waals surface area contributed by atoms with Crippen molar-refractivity contribution >= 4 is 44.5 Å². The van der Waals surface area contributed by atoms with Crippen LogP contribution in [0.15, 0.2) is 52.0 Å². The van der Waals surface area contributed by atoms with Crippen molar-refractivity contribution in [2.24, 2.45) is 5.10 Å². The predicted molar refractivity (Wildman–Crippen MR) is 116 cm³/mol. The number of para-hydroxylation sites is 1. The Balaban J connectivity index is 1.84. The number of anilines is 1. The summed E-state index contributed by atoms with van der Waals surface area (Å²) >= 11 is 5.18. The molecule has 4 rings (SSSR count). The van der Waals surface area contributed by atoms with E-state index < -0.39 is 6.04 Å². The van der Waals surface area contributed by atoms with E-state index in [1.54, 1.807) is 0 Å². The van der Waals surface area contributed by atoms with Gasteiger partial charge in [-0.25, -0.2) is 0 Å². The molecule has 0 radical (unpaired) electrons. The summed E-state index contributed by atoms with van der Waals surface area (Å²) < 4.78 is 6.62. The summed E-state index contributed by atoms with van der Waals surface area (Å²) in [5.41, 5.74) is 2.81. The number of nitrogens with zero attached hydrogens (tertiary/aromatic N) is 2. The van der Waals surface area contributed by atoms with Gasteiger partial charge in [-0.1, -0.05) is 52.8 Å². The fourth-order valence-corrected chi connectivity index (χ4v) is 4.52. The second-order valence-corrected chi connectivity index (χ2v) is 8.47. The fraction of sp³-hybridized carbons (Fsp3) is 0.300. The highest BCUT2D eigenvalue weighted by molar-refractivity contribution is 9.10. The maximum atomic E-state index is 13.0. The minimum atomic E-state index is -0.494. The summed E-state index contributed by atoms with van der Waals surface area (Å²) in [6.07, 6.45) is -0.312. The highest BCUT2D eigenvalue weighted by Gasteiger charge is 2.42. The number of rotatable bonds is 4. The predicted octanol–water partition coefficient (Wildman–Crippen LogP) is 4.47. The lowest BCUT2D eigenvalue weighted by atomic mass is 9.97. The van der Waals surface area contributed by atoms with E-state index >= 15 is 0 Å². The fourth-order valence-electron chi connectivity index (χ4n) is 3.46. The number of thioether (sulfide) groups is 1. The number of fused-ring (bicyclic) bond motifs is 3. The SMILES string of the molecule is CCOc1ccc(Br)c([C@@H]2Nc3ccccc3[C@@H]3C(=O)NC(SCC)=NN23)c1. The van der Waals surface area contributed by atoms with E-state index in [4.69, 9.17) is 9.84 Å². The number of ether oxygens (including phenoxy) is 1. The summed E-state index contributed by atoms with van der Waals surface area (Å²) in [7, 11) is 0. The molecule has 6 nitrogen and oxygen atoms in total. The molecule has 0 bridgehead atoms. The topological polar surface area (TPSA) is 66.0 Å². The van der Waals surface area contributed by atoms with Crippen LogP contribution in [0, 0.1) is 0 Å². The van der Waals surface area contributed by atoms with Crippen molar-refractivity contribution in [2.75, 3.05) is 17.7 Å². The number of hydrogen-bond acceptors (Lipinski definition) is 6. The lowest BCUT2D eigenvalue weighted by Gasteiger charge is -2.44. The number of hydrogen-bond donors (Lipinski definition) is 2. The summed E-state index contributed by atoms with van der Waals surface area (Å²) in [5, 5.41) is 13.7. The van der Waals surface area contributed by atoms with Crippen LogP contribution in [0.1, 0.15) is 37.2 Å². The second-order valence-electron chi connectivity index (χ2n) is 6.36. The van der Waals surface area contributed by atoms with Gasteiger partial charge in [-0.2, -0.15) is 0 Å². The van der Waals surface area contributed by atoms with E-state index in [9.17, 15) is 4.79 Å². The van der Waals surface area contributed by atoms with E-state index in [1.807, 2.05) is 61.3 Å². The van der Waals surface area contributed by atoms with Gasteiger partial charge in [0.2, 0.25) is 0 Å². The second kappa shape index (κ2) is 8.05. The first-order valence-corrected chi connectivity index (χ1v) is 11.0. The van der Waals surface area contributed by atoms with E-state index in [1.165, 1.54) is 11.8 Å². The lowest BCUT2D eigenvalue weighted by Crippen LogP contribution is -2.51. The number of halogens is 1. The quantitative estimate of drug-likeness (QED) is 0.704. The van der Waals surface area contributed by atoms with Gasteiger partial charge in [-0.05, 0) is 36.9 Å². The van der Waals surface area contributed by atoms with Gasteiger partial charge in [0.15, 0.2) is 11.2 Å². The van der Waals surface area contributed by atoms with Crippen LogP contribution < -0.4 is 15.4 Å². The summed E-state index contributed by atoms with van der Waals surface area (Å²) in [6.45, 7) is 4.58. The van der Waals surface area contributed by atoms with Gasteiger partial charge in [0.1, 0.15) is 11.9 Å². The molecule has 1 amide bonds. The Morgan fingerprint density at radius 2 is 2.04 bits per heavy atom. The van der Waals surface area contributed by atoms with Gasteiger partial charge in [0.05, 0.1) is 6.61 Å². The third-order valence-electron chi connectivity index (χ3n) is 4.62. The molecule has 0 aliphatic carbocycles. The van der Waals surface area contributed by atoms with Crippen LogP contribution in [0.4, 0.5) is 5.69 Å². The first-order valence-electron chi connectivity index (χ1n) is 9.20. The van der Waals surface area contributed by atoms with E-state index in [0.717, 1.165) is 32.8 Å². The molecule has 2 N–H and O–H groups in total. The molecule has 0 fully saturated rings. The zero-order chi connectivity index (χ0) is 19.7. The summed E-state index contributed by atoms with van der Waals surface area (Å²) in [6, 6.07) is 13.3. The van der Waals surface area contributed by atoms with E-state index in [2.05, 4.69) is 26.6 Å². The molecule has 146 valence electrons. The van der Waals surface area contributed by atoms with Crippen LogP contribution in [0.5, 0.6) is 5.75 Å². The Morgan fingerprint density at radius 1 is 1.21 bits per heavy atom. The average molecular weight is 461 g/mol. The van der Waals surface area contributed by atoms with Crippen LogP contribution in [0.2, 0.25) is 0 Å². The Morgan fingerprint density at radius 3 is 2.82 bits per heavy atom. The minimum Gasteiger partial charge on any atom is -0.494 e. The standard InChI is InChI=1S/C20H21BrN4O2S/c1-3-27-12-9-10-15(21)14(11-12)18-22-16-8-6-5-7-13(16)17-19(26)23-20(28-4-2)24-25(17)18/h5-11,17-18,22H,3-4H2,1-2H3,(H,23,24,26)/t17-,18-/m1/s1. The molecule has 0 unspecified atom stereocenters. The number of hydrazone groups is 1. The lowest BCUT2D eigenvalue weighted by molar-refractivity contribution is -0.127. The average Bonchev–Trinajstić information content (AvgIpc) is 2.69.